The number of fused-ring (bicyclic) bond motifs is 1. The average Bonchev–Trinajstić information content (AvgIpc) is 2.84. The van der Waals surface area contributed by atoms with Gasteiger partial charge in [0.25, 0.3) is 0 Å². The molecule has 3 aromatic rings. The first-order valence-electron chi connectivity index (χ1n) is 6.29. The lowest BCUT2D eigenvalue weighted by Gasteiger charge is -2.02. The van der Waals surface area contributed by atoms with E-state index in [9.17, 15) is 0 Å². The maximum Gasteiger partial charge on any atom is 0.157 e. The van der Waals surface area contributed by atoms with Gasteiger partial charge in [-0.1, -0.05) is 18.2 Å². The lowest BCUT2D eigenvalue weighted by atomic mass is 10.2. The standard InChI is InChI=1S/C15H15N3O2/c1-9-4-3-5-10-6-12(20-15(9)10)11-7-13(16)18-14(17-11)8-19-2/h3-7H,8H2,1-2H3,(H2,16,17,18). The Kier molecular flexibility index (Phi) is 3.12. The Bertz CT molecular complexity index is 765. The van der Waals surface area contributed by atoms with Gasteiger partial charge >= 0.3 is 0 Å². The molecule has 102 valence electrons. The smallest absolute Gasteiger partial charge is 0.157 e. The minimum Gasteiger partial charge on any atom is -0.454 e. The van der Waals surface area contributed by atoms with E-state index in [0.717, 1.165) is 16.5 Å². The van der Waals surface area contributed by atoms with Gasteiger partial charge in [-0.05, 0) is 18.6 Å². The van der Waals surface area contributed by atoms with Crippen LogP contribution in [0.15, 0.2) is 34.7 Å². The Morgan fingerprint density at radius 1 is 1.25 bits per heavy atom. The largest absolute Gasteiger partial charge is 0.454 e. The molecule has 0 spiro atoms. The summed E-state index contributed by atoms with van der Waals surface area (Å²) in [6, 6.07) is 9.69. The molecule has 5 heteroatoms. The highest BCUT2D eigenvalue weighted by atomic mass is 16.5. The van der Waals surface area contributed by atoms with E-state index < -0.39 is 0 Å². The van der Waals surface area contributed by atoms with E-state index in [1.807, 2.05) is 31.2 Å². The fourth-order valence-corrected chi connectivity index (χ4v) is 2.17. The van der Waals surface area contributed by atoms with Gasteiger partial charge in [0.05, 0.1) is 0 Å². The molecule has 0 saturated carbocycles. The van der Waals surface area contributed by atoms with Crippen molar-refractivity contribution in [1.82, 2.24) is 9.97 Å². The minimum absolute atomic E-state index is 0.317. The molecule has 0 amide bonds. The Morgan fingerprint density at radius 2 is 2.10 bits per heavy atom. The van der Waals surface area contributed by atoms with E-state index in [2.05, 4.69) is 9.97 Å². The molecule has 5 nitrogen and oxygen atoms in total. The van der Waals surface area contributed by atoms with Gasteiger partial charge in [0.15, 0.2) is 11.6 Å². The molecular formula is C15H15N3O2. The summed E-state index contributed by atoms with van der Waals surface area (Å²) in [4.78, 5) is 8.53. The highest BCUT2D eigenvalue weighted by Gasteiger charge is 2.11. The molecule has 1 aromatic carbocycles. The molecule has 0 atom stereocenters. The molecule has 0 fully saturated rings. The van der Waals surface area contributed by atoms with Crippen LogP contribution in [0.3, 0.4) is 0 Å². The van der Waals surface area contributed by atoms with E-state index in [1.165, 1.54) is 0 Å². The molecule has 0 saturated heterocycles. The molecule has 0 aliphatic rings. The van der Waals surface area contributed by atoms with Crippen molar-refractivity contribution in [3.8, 4) is 11.5 Å². The van der Waals surface area contributed by atoms with Crippen LogP contribution in [0.25, 0.3) is 22.4 Å². The number of aromatic nitrogens is 2. The first-order valence-corrected chi connectivity index (χ1v) is 6.29. The predicted octanol–water partition coefficient (Wildman–Crippen LogP) is 2.93. The number of aryl methyl sites for hydroxylation is 1. The zero-order valence-corrected chi connectivity index (χ0v) is 11.4. The summed E-state index contributed by atoms with van der Waals surface area (Å²) >= 11 is 0. The van der Waals surface area contributed by atoms with Crippen molar-refractivity contribution in [3.05, 3.63) is 41.7 Å². The van der Waals surface area contributed by atoms with Crippen molar-refractivity contribution in [2.75, 3.05) is 12.8 Å². The Morgan fingerprint density at radius 3 is 2.85 bits per heavy atom. The average molecular weight is 269 g/mol. The van der Waals surface area contributed by atoms with E-state index in [1.54, 1.807) is 13.2 Å². The Hall–Kier alpha value is -2.40. The predicted molar refractivity (Wildman–Crippen MR) is 77.1 cm³/mol. The number of para-hydroxylation sites is 1. The Balaban J connectivity index is 2.12. The van der Waals surface area contributed by atoms with Gasteiger partial charge in [-0.2, -0.15) is 0 Å². The van der Waals surface area contributed by atoms with Crippen LogP contribution in [0, 0.1) is 6.92 Å². The van der Waals surface area contributed by atoms with Crippen molar-refractivity contribution >= 4 is 16.8 Å². The van der Waals surface area contributed by atoms with Crippen LogP contribution >= 0.6 is 0 Å². The van der Waals surface area contributed by atoms with Crippen molar-refractivity contribution in [3.63, 3.8) is 0 Å². The van der Waals surface area contributed by atoms with E-state index in [4.69, 9.17) is 14.9 Å². The second-order valence-electron chi connectivity index (χ2n) is 4.63. The molecule has 0 bridgehead atoms. The van der Waals surface area contributed by atoms with Gasteiger partial charge in [-0.15, -0.1) is 0 Å². The van der Waals surface area contributed by atoms with Crippen LogP contribution in [0.1, 0.15) is 11.4 Å². The van der Waals surface area contributed by atoms with E-state index in [0.29, 0.717) is 29.7 Å². The van der Waals surface area contributed by atoms with Crippen molar-refractivity contribution in [2.45, 2.75) is 13.5 Å². The molecule has 2 heterocycles. The highest BCUT2D eigenvalue weighted by molar-refractivity contribution is 5.84. The van der Waals surface area contributed by atoms with Crippen molar-refractivity contribution in [2.24, 2.45) is 0 Å². The van der Waals surface area contributed by atoms with Gasteiger partial charge in [0.1, 0.15) is 23.7 Å². The second-order valence-corrected chi connectivity index (χ2v) is 4.63. The Labute approximate surface area is 116 Å². The maximum atomic E-state index is 5.89. The first kappa shape index (κ1) is 12.6. The summed E-state index contributed by atoms with van der Waals surface area (Å²) in [5, 5.41) is 1.05. The van der Waals surface area contributed by atoms with Crippen molar-refractivity contribution in [1.29, 1.82) is 0 Å². The second kappa shape index (κ2) is 4.94. The molecule has 2 aromatic heterocycles. The molecule has 0 aliphatic heterocycles. The molecule has 0 unspecified atom stereocenters. The third-order valence-corrected chi connectivity index (χ3v) is 3.06. The number of ether oxygens (including phenoxy) is 1. The van der Waals surface area contributed by atoms with Gasteiger partial charge in [0, 0.05) is 18.6 Å². The van der Waals surface area contributed by atoms with Crippen LogP contribution < -0.4 is 5.73 Å². The normalized spacial score (nSPS) is 11.1. The van der Waals surface area contributed by atoms with Crippen molar-refractivity contribution < 1.29 is 9.15 Å². The zero-order chi connectivity index (χ0) is 14.1. The molecule has 0 radical (unpaired) electrons. The zero-order valence-electron chi connectivity index (χ0n) is 11.4. The van der Waals surface area contributed by atoms with Crippen LogP contribution in [-0.2, 0) is 11.3 Å². The number of benzene rings is 1. The monoisotopic (exact) mass is 269 g/mol. The highest BCUT2D eigenvalue weighted by Crippen LogP contribution is 2.29. The van der Waals surface area contributed by atoms with Crippen LogP contribution in [-0.4, -0.2) is 17.1 Å². The lowest BCUT2D eigenvalue weighted by molar-refractivity contribution is 0.178. The molecule has 2 N–H and O–H groups in total. The SMILES string of the molecule is COCc1nc(N)cc(-c2cc3cccc(C)c3o2)n1. The van der Waals surface area contributed by atoms with Gasteiger partial charge < -0.3 is 14.9 Å². The quantitative estimate of drug-likeness (QED) is 0.791. The van der Waals surface area contributed by atoms with Gasteiger partial charge in [0.2, 0.25) is 0 Å². The van der Waals surface area contributed by atoms with E-state index >= 15 is 0 Å². The van der Waals surface area contributed by atoms with Crippen LogP contribution in [0.4, 0.5) is 5.82 Å². The van der Waals surface area contributed by atoms with Crippen LogP contribution in [0.2, 0.25) is 0 Å². The first-order chi connectivity index (χ1) is 9.67. The number of hydrogen-bond donors (Lipinski definition) is 1. The summed E-state index contributed by atoms with van der Waals surface area (Å²) < 4.78 is 10.9. The molecular weight excluding hydrogens is 254 g/mol. The summed E-state index contributed by atoms with van der Waals surface area (Å²) in [5.41, 5.74) is 8.43. The number of nitrogens with two attached hydrogens (primary N) is 1. The molecule has 0 aliphatic carbocycles. The number of nitrogen functional groups attached to an aromatic ring is 1. The summed E-state index contributed by atoms with van der Waals surface area (Å²) in [7, 11) is 1.59. The number of anilines is 1. The summed E-state index contributed by atoms with van der Waals surface area (Å²) in [5.74, 6) is 1.62. The number of hydrogen-bond acceptors (Lipinski definition) is 5. The van der Waals surface area contributed by atoms with E-state index in [-0.39, 0.29) is 0 Å². The fraction of sp³-hybridized carbons (Fsp3) is 0.200. The number of nitrogens with zero attached hydrogens (tertiary/aromatic N) is 2. The minimum atomic E-state index is 0.317. The van der Waals surface area contributed by atoms with Gasteiger partial charge in [-0.3, -0.25) is 0 Å². The third-order valence-electron chi connectivity index (χ3n) is 3.06. The number of methoxy groups -OCH3 is 1. The topological polar surface area (TPSA) is 74.2 Å². The van der Waals surface area contributed by atoms with Gasteiger partial charge in [-0.25, -0.2) is 9.97 Å². The van der Waals surface area contributed by atoms with Crippen LogP contribution in [0.5, 0.6) is 0 Å². The summed E-state index contributed by atoms with van der Waals surface area (Å²) in [6.45, 7) is 2.33. The third kappa shape index (κ3) is 2.23. The number of rotatable bonds is 3. The molecule has 20 heavy (non-hydrogen) atoms. The molecule has 3 rings (SSSR count). The number of furan rings is 1. The fourth-order valence-electron chi connectivity index (χ4n) is 2.17. The summed E-state index contributed by atoms with van der Waals surface area (Å²) in [6.07, 6.45) is 0. The lowest BCUT2D eigenvalue weighted by Crippen LogP contribution is -2.02. The maximum absolute atomic E-state index is 5.89.